The molecule has 0 N–H and O–H groups in total. The number of hydrogen-bond acceptors (Lipinski definition) is 3. The van der Waals surface area contributed by atoms with Crippen LogP contribution in [0.25, 0.3) is 82.5 Å². The van der Waals surface area contributed by atoms with Crippen LogP contribution in [0.5, 0.6) is 0 Å². The minimum absolute atomic E-state index is 0.658. The first kappa shape index (κ1) is 39.1. The molecular weight excluding hydrogens is 837 g/mol. The maximum Gasteiger partial charge on any atom is 0.0979 e. The zero-order valence-corrected chi connectivity index (χ0v) is 37.5. The fourth-order valence-corrected chi connectivity index (χ4v) is 11.5. The summed E-state index contributed by atoms with van der Waals surface area (Å²) in [6.07, 6.45) is 1.96. The Balaban J connectivity index is 0.962. The first-order valence-electron chi connectivity index (χ1n) is 23.6. The third-order valence-corrected chi connectivity index (χ3v) is 14.5. The van der Waals surface area contributed by atoms with Gasteiger partial charge in [0.2, 0.25) is 0 Å². The lowest BCUT2D eigenvalue weighted by Gasteiger charge is -2.35. The monoisotopic (exact) mass is 878 g/mol. The Morgan fingerprint density at radius 2 is 0.826 bits per heavy atom. The molecule has 69 heavy (non-hydrogen) atoms. The molecule has 0 aliphatic heterocycles. The van der Waals surface area contributed by atoms with Crippen molar-refractivity contribution in [2.45, 2.75) is 5.41 Å². The molecule has 322 valence electrons. The molecule has 0 atom stereocenters. The van der Waals surface area contributed by atoms with Crippen LogP contribution in [-0.4, -0.2) is 14.5 Å². The molecule has 0 unspecified atom stereocenters. The summed E-state index contributed by atoms with van der Waals surface area (Å²) in [5.74, 6) is 0. The van der Waals surface area contributed by atoms with Crippen molar-refractivity contribution in [2.24, 2.45) is 0 Å². The van der Waals surface area contributed by atoms with Gasteiger partial charge in [-0.2, -0.15) is 0 Å². The molecule has 1 aliphatic carbocycles. The predicted octanol–water partition coefficient (Wildman–Crippen LogP) is 16.5. The maximum absolute atomic E-state index is 5.48. The maximum atomic E-state index is 5.48. The summed E-state index contributed by atoms with van der Waals surface area (Å²) in [4.78, 5) is 13.1. The minimum Gasteiger partial charge on any atom is -0.310 e. The van der Waals surface area contributed by atoms with E-state index < -0.39 is 5.41 Å². The molecule has 14 rings (SSSR count). The Bertz CT molecular complexity index is 3990. The first-order chi connectivity index (χ1) is 34.2. The predicted molar refractivity (Wildman–Crippen MR) is 286 cm³/mol. The first-order valence-corrected chi connectivity index (χ1v) is 23.6. The Hall–Kier alpha value is -9.12. The van der Waals surface area contributed by atoms with Gasteiger partial charge < -0.3 is 9.47 Å². The molecule has 0 saturated heterocycles. The van der Waals surface area contributed by atoms with Crippen LogP contribution in [0.3, 0.4) is 0 Å². The van der Waals surface area contributed by atoms with E-state index in [-0.39, 0.29) is 0 Å². The molecule has 11 aromatic carbocycles. The molecule has 0 bridgehead atoms. The zero-order chi connectivity index (χ0) is 45.5. The highest BCUT2D eigenvalue weighted by molar-refractivity contribution is 6.23. The average molecular weight is 879 g/mol. The summed E-state index contributed by atoms with van der Waals surface area (Å²) in [6.45, 7) is 0. The third-order valence-electron chi connectivity index (χ3n) is 14.5. The minimum atomic E-state index is -0.658. The van der Waals surface area contributed by atoms with Crippen molar-refractivity contribution < 1.29 is 0 Å². The molecular formula is C65H42N4. The summed E-state index contributed by atoms with van der Waals surface area (Å²) in [6, 6.07) is 90.4. The van der Waals surface area contributed by atoms with Crippen LogP contribution in [0.4, 0.5) is 17.1 Å². The van der Waals surface area contributed by atoms with E-state index in [2.05, 4.69) is 258 Å². The second-order valence-electron chi connectivity index (χ2n) is 18.1. The molecule has 0 radical (unpaired) electrons. The average Bonchev–Trinajstić information content (AvgIpc) is 3.92. The number of nitrogens with zero attached hydrogens (tertiary/aromatic N) is 4. The van der Waals surface area contributed by atoms with Crippen molar-refractivity contribution in [1.29, 1.82) is 0 Å². The Labute approximate surface area is 399 Å². The molecule has 0 saturated carbocycles. The highest BCUT2D eigenvalue weighted by Crippen LogP contribution is 2.58. The van der Waals surface area contributed by atoms with Crippen LogP contribution in [-0.2, 0) is 5.41 Å². The molecule has 4 heteroatoms. The van der Waals surface area contributed by atoms with Crippen LogP contribution in [0.2, 0.25) is 0 Å². The zero-order valence-electron chi connectivity index (χ0n) is 37.5. The quantitative estimate of drug-likeness (QED) is 0.150. The van der Waals surface area contributed by atoms with Gasteiger partial charge in [-0.3, -0.25) is 4.98 Å². The second kappa shape index (κ2) is 15.5. The third kappa shape index (κ3) is 5.89. The lowest BCUT2D eigenvalue weighted by atomic mass is 9.67. The van der Waals surface area contributed by atoms with Crippen LogP contribution in [0.1, 0.15) is 22.3 Å². The van der Waals surface area contributed by atoms with E-state index in [1.165, 1.54) is 66.0 Å². The Morgan fingerprint density at radius 1 is 0.362 bits per heavy atom. The normalized spacial score (nSPS) is 12.8. The number of aromatic nitrogens is 3. The van der Waals surface area contributed by atoms with Crippen molar-refractivity contribution in [1.82, 2.24) is 14.5 Å². The number of hydrogen-bond donors (Lipinski definition) is 0. The van der Waals surface area contributed by atoms with Crippen molar-refractivity contribution in [3.8, 4) is 28.1 Å². The summed E-state index contributed by atoms with van der Waals surface area (Å²) in [5, 5.41) is 7.10. The smallest absolute Gasteiger partial charge is 0.0979 e. The molecule has 2 heterocycles. The molecule has 0 fully saturated rings. The van der Waals surface area contributed by atoms with E-state index >= 15 is 0 Å². The van der Waals surface area contributed by atoms with Crippen LogP contribution >= 0.6 is 0 Å². The molecule has 2 aromatic heterocycles. The Kier molecular flexibility index (Phi) is 8.77. The van der Waals surface area contributed by atoms with Crippen LogP contribution in [0, 0.1) is 0 Å². The van der Waals surface area contributed by atoms with Gasteiger partial charge in [-0.15, -0.1) is 0 Å². The fraction of sp³-hybridized carbons (Fsp3) is 0.0154. The van der Waals surface area contributed by atoms with E-state index in [1.54, 1.807) is 0 Å². The van der Waals surface area contributed by atoms with Crippen LogP contribution < -0.4 is 4.90 Å². The molecule has 0 amide bonds. The highest BCUT2D eigenvalue weighted by atomic mass is 15.1. The van der Waals surface area contributed by atoms with Gasteiger partial charge in [0.1, 0.15) is 0 Å². The van der Waals surface area contributed by atoms with E-state index in [1.807, 2.05) is 6.20 Å². The number of anilines is 3. The van der Waals surface area contributed by atoms with E-state index in [9.17, 15) is 0 Å². The van der Waals surface area contributed by atoms with Crippen molar-refractivity contribution in [2.75, 3.05) is 4.90 Å². The van der Waals surface area contributed by atoms with Gasteiger partial charge in [0.15, 0.2) is 0 Å². The SMILES string of the molecule is c1ccc(N(c2ccc(-n3c4ccccc4c4ccccc43)cc2)c2ccc3c(c2)C(c2ccccc2)(c2ccccc2)c2cc(-c4cnc5c6ccccc6c6ccccc6c5n4)ccc2-3)cc1. The second-order valence-corrected chi connectivity index (χ2v) is 18.1. The van der Waals surface area contributed by atoms with E-state index in [4.69, 9.17) is 9.97 Å². The van der Waals surface area contributed by atoms with Gasteiger partial charge in [0.05, 0.1) is 39.4 Å². The van der Waals surface area contributed by atoms with E-state index in [0.717, 1.165) is 55.8 Å². The lowest BCUT2D eigenvalue weighted by Crippen LogP contribution is -2.28. The van der Waals surface area contributed by atoms with Gasteiger partial charge >= 0.3 is 0 Å². The molecule has 1 aliphatic rings. The number of fused-ring (bicyclic) bond motifs is 12. The standard InChI is InChI=1S/C65H42N4/c1-4-18-44(19-5-1)65(45-20-6-2-7-21-45)58-40-43(60-42-66-63-56-28-12-10-24-50(56)51-25-11-13-29-57(51)64(63)67-60)32-38-52(58)53-39-37-49(41-59(53)65)68(46-22-8-3-9-23-46)47-33-35-48(36-34-47)69-61-30-16-14-26-54(61)55-27-15-17-31-62(55)69/h1-42H. The van der Waals surface area contributed by atoms with E-state index in [0.29, 0.717) is 0 Å². The summed E-state index contributed by atoms with van der Waals surface area (Å²) in [5.41, 5.74) is 17.1. The van der Waals surface area contributed by atoms with Gasteiger partial charge in [0.25, 0.3) is 0 Å². The molecule has 13 aromatic rings. The Morgan fingerprint density at radius 3 is 1.43 bits per heavy atom. The van der Waals surface area contributed by atoms with Gasteiger partial charge in [-0.1, -0.05) is 182 Å². The van der Waals surface area contributed by atoms with Gasteiger partial charge in [-0.25, -0.2) is 4.98 Å². The van der Waals surface area contributed by atoms with Gasteiger partial charge in [0, 0.05) is 49.9 Å². The molecule has 0 spiro atoms. The largest absolute Gasteiger partial charge is 0.310 e. The number of rotatable bonds is 7. The summed E-state index contributed by atoms with van der Waals surface area (Å²) in [7, 11) is 0. The highest BCUT2D eigenvalue weighted by Gasteiger charge is 2.46. The van der Waals surface area contributed by atoms with Gasteiger partial charge in [-0.05, 0) is 111 Å². The van der Waals surface area contributed by atoms with Crippen molar-refractivity contribution >= 4 is 71.4 Å². The van der Waals surface area contributed by atoms with Crippen LogP contribution in [0.15, 0.2) is 255 Å². The topological polar surface area (TPSA) is 34.0 Å². The molecule has 4 nitrogen and oxygen atoms in total. The van der Waals surface area contributed by atoms with Crippen molar-refractivity contribution in [3.63, 3.8) is 0 Å². The lowest BCUT2D eigenvalue weighted by molar-refractivity contribution is 0.768. The summed E-state index contributed by atoms with van der Waals surface area (Å²) < 4.78 is 2.38. The summed E-state index contributed by atoms with van der Waals surface area (Å²) >= 11 is 0. The van der Waals surface area contributed by atoms with Crippen molar-refractivity contribution in [3.05, 3.63) is 277 Å². The number of benzene rings is 11. The fourth-order valence-electron chi connectivity index (χ4n) is 11.5. The number of para-hydroxylation sites is 3.